The summed E-state index contributed by atoms with van der Waals surface area (Å²) in [6.45, 7) is 4.55. The third-order valence-corrected chi connectivity index (χ3v) is 6.74. The Labute approximate surface area is 132 Å². The van der Waals surface area contributed by atoms with Crippen molar-refractivity contribution >= 4 is 10.2 Å². The van der Waals surface area contributed by atoms with Crippen molar-refractivity contribution < 1.29 is 8.42 Å². The first-order valence-corrected chi connectivity index (χ1v) is 9.47. The predicted molar refractivity (Wildman–Crippen MR) is 83.4 cm³/mol. The van der Waals surface area contributed by atoms with Gasteiger partial charge in [-0.3, -0.25) is 0 Å². The summed E-state index contributed by atoms with van der Waals surface area (Å²) < 4.78 is 31.0. The zero-order valence-corrected chi connectivity index (χ0v) is 14.2. The van der Waals surface area contributed by atoms with E-state index in [2.05, 4.69) is 17.1 Å². The Bertz CT molecular complexity index is 615. The molecule has 3 rings (SSSR count). The fourth-order valence-corrected chi connectivity index (χ4v) is 5.40. The molecule has 1 aromatic rings. The van der Waals surface area contributed by atoms with Gasteiger partial charge < -0.3 is 4.57 Å². The fourth-order valence-electron chi connectivity index (χ4n) is 3.54. The van der Waals surface area contributed by atoms with Crippen LogP contribution in [-0.2, 0) is 17.3 Å². The molecule has 0 spiro atoms. The van der Waals surface area contributed by atoms with E-state index >= 15 is 0 Å². The van der Waals surface area contributed by atoms with Crippen LogP contribution in [0.3, 0.4) is 0 Å². The van der Waals surface area contributed by atoms with Crippen molar-refractivity contribution in [2.24, 2.45) is 13.0 Å². The first-order chi connectivity index (χ1) is 10.5. The highest BCUT2D eigenvalue weighted by Crippen LogP contribution is 2.29. The van der Waals surface area contributed by atoms with Crippen LogP contribution in [0.25, 0.3) is 0 Å². The molecule has 0 aromatic carbocycles. The van der Waals surface area contributed by atoms with E-state index in [4.69, 9.17) is 0 Å². The van der Waals surface area contributed by atoms with Gasteiger partial charge in [0.2, 0.25) is 0 Å². The monoisotopic (exact) mass is 327 g/mol. The van der Waals surface area contributed by atoms with Crippen molar-refractivity contribution in [3.8, 4) is 0 Å². The Morgan fingerprint density at radius 1 is 1.14 bits per heavy atom. The molecule has 8 heteroatoms. The molecule has 2 aliphatic rings. The molecule has 0 aliphatic carbocycles. The summed E-state index contributed by atoms with van der Waals surface area (Å²) in [5, 5.41) is 8.08. The number of rotatable bonds is 3. The third kappa shape index (κ3) is 3.04. The summed E-state index contributed by atoms with van der Waals surface area (Å²) >= 11 is 0. The van der Waals surface area contributed by atoms with E-state index in [1.54, 1.807) is 14.9 Å². The van der Waals surface area contributed by atoms with Crippen LogP contribution >= 0.6 is 0 Å². The minimum absolute atomic E-state index is 0.137. The highest BCUT2D eigenvalue weighted by molar-refractivity contribution is 7.86. The van der Waals surface area contributed by atoms with Gasteiger partial charge in [-0.2, -0.15) is 17.0 Å². The Morgan fingerprint density at radius 2 is 1.82 bits per heavy atom. The molecule has 0 amide bonds. The third-order valence-electron chi connectivity index (χ3n) is 4.77. The first kappa shape index (κ1) is 15.9. The summed E-state index contributed by atoms with van der Waals surface area (Å²) in [5.74, 6) is 1.47. The van der Waals surface area contributed by atoms with E-state index < -0.39 is 10.2 Å². The van der Waals surface area contributed by atoms with E-state index in [1.807, 2.05) is 11.6 Å². The van der Waals surface area contributed by atoms with Crippen LogP contribution < -0.4 is 0 Å². The lowest BCUT2D eigenvalue weighted by Crippen LogP contribution is -2.50. The topological polar surface area (TPSA) is 71.3 Å². The second kappa shape index (κ2) is 6.25. The molecule has 0 saturated carbocycles. The molecule has 22 heavy (non-hydrogen) atoms. The Kier molecular flexibility index (Phi) is 4.52. The van der Waals surface area contributed by atoms with Gasteiger partial charge in [0.1, 0.15) is 12.2 Å². The van der Waals surface area contributed by atoms with Gasteiger partial charge in [-0.05, 0) is 31.6 Å². The van der Waals surface area contributed by atoms with E-state index in [0.717, 1.165) is 31.5 Å². The smallest absolute Gasteiger partial charge is 0.282 e. The predicted octanol–water partition coefficient (Wildman–Crippen LogP) is 0.971. The zero-order valence-electron chi connectivity index (χ0n) is 13.3. The molecule has 2 fully saturated rings. The Morgan fingerprint density at radius 3 is 2.45 bits per heavy atom. The zero-order chi connectivity index (χ0) is 15.7. The van der Waals surface area contributed by atoms with Crippen LogP contribution in [0.1, 0.15) is 44.3 Å². The Balaban J connectivity index is 1.75. The summed E-state index contributed by atoms with van der Waals surface area (Å²) in [6.07, 6.45) is 5.60. The van der Waals surface area contributed by atoms with E-state index in [0.29, 0.717) is 32.1 Å². The molecule has 124 valence electrons. The minimum Gasteiger partial charge on any atom is -0.320 e. The largest absolute Gasteiger partial charge is 0.320 e. The molecule has 0 unspecified atom stereocenters. The van der Waals surface area contributed by atoms with Crippen molar-refractivity contribution in [1.29, 1.82) is 0 Å². The normalized spacial score (nSPS) is 28.8. The van der Waals surface area contributed by atoms with Crippen molar-refractivity contribution in [3.63, 3.8) is 0 Å². The Hall–Kier alpha value is -0.990. The molecule has 1 aromatic heterocycles. The molecule has 0 N–H and O–H groups in total. The first-order valence-electron chi connectivity index (χ1n) is 8.07. The van der Waals surface area contributed by atoms with Gasteiger partial charge in [0.05, 0.1) is 0 Å². The van der Waals surface area contributed by atoms with Crippen LogP contribution in [0.15, 0.2) is 6.33 Å². The maximum atomic E-state index is 12.9. The molecule has 2 aliphatic heterocycles. The maximum absolute atomic E-state index is 12.9. The minimum atomic E-state index is -3.35. The molecular formula is C14H25N5O2S. The average molecular weight is 327 g/mol. The van der Waals surface area contributed by atoms with E-state index in [9.17, 15) is 8.42 Å². The van der Waals surface area contributed by atoms with Gasteiger partial charge in [0.15, 0.2) is 0 Å². The maximum Gasteiger partial charge on any atom is 0.282 e. The number of piperidine rings is 2. The summed E-state index contributed by atoms with van der Waals surface area (Å²) in [6, 6.07) is 0. The molecule has 0 radical (unpaired) electrons. The van der Waals surface area contributed by atoms with Crippen molar-refractivity contribution in [2.75, 3.05) is 26.2 Å². The van der Waals surface area contributed by atoms with Crippen LogP contribution in [-0.4, -0.2) is 58.0 Å². The highest BCUT2D eigenvalue weighted by Gasteiger charge is 2.36. The highest BCUT2D eigenvalue weighted by atomic mass is 32.2. The van der Waals surface area contributed by atoms with Gasteiger partial charge in [0.25, 0.3) is 10.2 Å². The molecule has 0 bridgehead atoms. The quantitative estimate of drug-likeness (QED) is 0.829. The molecule has 2 saturated heterocycles. The van der Waals surface area contributed by atoms with Crippen molar-refractivity contribution in [3.05, 3.63) is 12.2 Å². The molecule has 7 nitrogen and oxygen atoms in total. The number of aromatic nitrogens is 3. The van der Waals surface area contributed by atoms with E-state index in [1.165, 1.54) is 0 Å². The van der Waals surface area contributed by atoms with Crippen LogP contribution in [0.2, 0.25) is 0 Å². The lowest BCUT2D eigenvalue weighted by Gasteiger charge is -2.37. The molecular weight excluding hydrogens is 302 g/mol. The lowest BCUT2D eigenvalue weighted by atomic mass is 9.99. The lowest BCUT2D eigenvalue weighted by molar-refractivity contribution is 0.238. The van der Waals surface area contributed by atoms with E-state index in [-0.39, 0.29) is 5.92 Å². The second-order valence-corrected chi connectivity index (χ2v) is 8.54. The standard InChI is InChI=1S/C14H25N5O2S/c1-12-5-3-7-18(9-12)22(20,21)19-8-4-6-13(10-19)14-16-15-11-17(14)2/h11-13H,3-10H2,1-2H3/t12-,13-/m0/s1. The van der Waals surface area contributed by atoms with Gasteiger partial charge in [-0.25, -0.2) is 0 Å². The van der Waals surface area contributed by atoms with Crippen molar-refractivity contribution in [2.45, 2.75) is 38.5 Å². The van der Waals surface area contributed by atoms with Gasteiger partial charge >= 0.3 is 0 Å². The summed E-state index contributed by atoms with van der Waals surface area (Å²) in [4.78, 5) is 0. The second-order valence-electron chi connectivity index (χ2n) is 6.61. The number of hydrogen-bond donors (Lipinski definition) is 0. The molecule has 2 atom stereocenters. The molecule has 3 heterocycles. The summed E-state index contributed by atoms with van der Waals surface area (Å²) in [7, 11) is -1.43. The van der Waals surface area contributed by atoms with Gasteiger partial charge in [-0.1, -0.05) is 6.92 Å². The van der Waals surface area contributed by atoms with Crippen LogP contribution in [0.5, 0.6) is 0 Å². The SMILES string of the molecule is C[C@H]1CCCN(S(=O)(=O)N2CCC[C@H](c3nncn3C)C2)C1. The van der Waals surface area contributed by atoms with Crippen LogP contribution in [0.4, 0.5) is 0 Å². The summed E-state index contributed by atoms with van der Waals surface area (Å²) in [5.41, 5.74) is 0. The van der Waals surface area contributed by atoms with Gasteiger partial charge in [-0.15, -0.1) is 10.2 Å². The number of nitrogens with zero attached hydrogens (tertiary/aromatic N) is 5. The van der Waals surface area contributed by atoms with Crippen LogP contribution in [0, 0.1) is 5.92 Å². The van der Waals surface area contributed by atoms with Crippen molar-refractivity contribution in [1.82, 2.24) is 23.4 Å². The average Bonchev–Trinajstić information content (AvgIpc) is 2.93. The number of aryl methyl sites for hydroxylation is 1. The van der Waals surface area contributed by atoms with Gasteiger partial charge in [0, 0.05) is 39.1 Å². The number of hydrogen-bond acceptors (Lipinski definition) is 4. The fraction of sp³-hybridized carbons (Fsp3) is 0.857.